The number of aliphatic hydroxyl groups is 3. The molecule has 0 spiro atoms. The van der Waals surface area contributed by atoms with Crippen LogP contribution >= 0.6 is 0 Å². The molecule has 0 aromatic carbocycles. The lowest BCUT2D eigenvalue weighted by atomic mass is 9.99. The molecule has 13 heteroatoms. The van der Waals surface area contributed by atoms with Gasteiger partial charge in [0.1, 0.15) is 30.5 Å². The Morgan fingerprint density at radius 2 is 1.08 bits per heavy atom. The van der Waals surface area contributed by atoms with Crippen LogP contribution in [0.5, 0.6) is 0 Å². The van der Waals surface area contributed by atoms with Crippen molar-refractivity contribution in [1.82, 2.24) is 0 Å². The minimum Gasteiger partial charge on any atom is -0.457 e. The van der Waals surface area contributed by atoms with Crippen LogP contribution in [0.1, 0.15) is 155 Å². The summed E-state index contributed by atoms with van der Waals surface area (Å²) in [5.41, 5.74) is 0. The van der Waals surface area contributed by atoms with Crippen molar-refractivity contribution in [2.75, 3.05) is 26.4 Å². The minimum atomic E-state index is -5.08. The number of carbonyl (C=O) groups excluding carboxylic acids is 1. The zero-order valence-corrected chi connectivity index (χ0v) is 39.9. The fraction of sp³-hybridized carbons (Fsp3) is 0.667. The second-order valence-corrected chi connectivity index (χ2v) is 17.0. The molecule has 366 valence electrons. The van der Waals surface area contributed by atoms with Gasteiger partial charge in [-0.15, -0.1) is 0 Å². The summed E-state index contributed by atoms with van der Waals surface area (Å²) >= 11 is 0. The molecule has 0 amide bonds. The van der Waals surface area contributed by atoms with E-state index in [2.05, 4.69) is 115 Å². The smallest absolute Gasteiger partial charge is 0.397 e. The molecule has 6 atom stereocenters. The van der Waals surface area contributed by atoms with Crippen LogP contribution in [0.4, 0.5) is 0 Å². The van der Waals surface area contributed by atoms with Gasteiger partial charge in [0.25, 0.3) is 0 Å². The van der Waals surface area contributed by atoms with Crippen LogP contribution in [0.2, 0.25) is 0 Å². The summed E-state index contributed by atoms with van der Waals surface area (Å²) in [4.78, 5) is 12.9. The van der Waals surface area contributed by atoms with Crippen molar-refractivity contribution in [3.63, 3.8) is 0 Å². The van der Waals surface area contributed by atoms with Crippen molar-refractivity contribution in [3.8, 4) is 0 Å². The standard InChI is InChI=1S/C51H84O12S/c1-3-5-7-9-11-13-15-17-19-21-22-23-25-27-29-31-33-35-37-39-41-59-43-45(44-60-51-49(55)50(63-64(56,57)58)48(54)46(42-52)62-51)61-47(53)40-38-36-34-32-30-28-26-24-20-18-16-14-12-10-8-6-4-2/h5,7,11-14,17-20,22-23,27,29,33,35,45-46,48-52,54-55H,3-4,6,8-10,15-16,21,24-26,28,30-32,34,36-44H2,1-2H3,(H,56,57,58)/b7-5-,13-11-,14-12-,19-17-,20-18-,23-22-,29-27-,35-33-. The first kappa shape index (κ1) is 59.0. The Morgan fingerprint density at radius 3 is 1.58 bits per heavy atom. The molecule has 0 aliphatic carbocycles. The summed E-state index contributed by atoms with van der Waals surface area (Å²) in [6.07, 6.45) is 47.3. The molecule has 0 saturated carbocycles. The zero-order valence-electron chi connectivity index (χ0n) is 39.0. The van der Waals surface area contributed by atoms with E-state index < -0.39 is 59.8 Å². The van der Waals surface area contributed by atoms with E-state index in [0.717, 1.165) is 89.9 Å². The van der Waals surface area contributed by atoms with Gasteiger partial charge in [-0.2, -0.15) is 8.42 Å². The monoisotopic (exact) mass is 921 g/mol. The van der Waals surface area contributed by atoms with Crippen LogP contribution in [0.3, 0.4) is 0 Å². The van der Waals surface area contributed by atoms with Crippen LogP contribution in [-0.4, -0.2) is 97.5 Å². The van der Waals surface area contributed by atoms with E-state index in [1.807, 2.05) is 0 Å². The van der Waals surface area contributed by atoms with Gasteiger partial charge in [0.2, 0.25) is 0 Å². The topological polar surface area (TPSA) is 178 Å². The maximum atomic E-state index is 12.9. The molecule has 12 nitrogen and oxygen atoms in total. The highest BCUT2D eigenvalue weighted by molar-refractivity contribution is 7.80. The number of carbonyl (C=O) groups is 1. The van der Waals surface area contributed by atoms with Gasteiger partial charge in [-0.25, -0.2) is 4.18 Å². The molecule has 1 fully saturated rings. The fourth-order valence-corrected chi connectivity index (χ4v) is 7.11. The second kappa shape index (κ2) is 41.5. The van der Waals surface area contributed by atoms with Crippen LogP contribution in [-0.2, 0) is 38.3 Å². The molecule has 6 unspecified atom stereocenters. The molecule has 0 bridgehead atoms. The number of hydrogen-bond acceptors (Lipinski definition) is 11. The van der Waals surface area contributed by atoms with Gasteiger partial charge in [0, 0.05) is 13.0 Å². The maximum absolute atomic E-state index is 12.9. The van der Waals surface area contributed by atoms with E-state index in [1.165, 1.54) is 38.5 Å². The normalized spacial score (nSPS) is 20.6. The molecule has 0 aromatic heterocycles. The van der Waals surface area contributed by atoms with Gasteiger partial charge in [-0.3, -0.25) is 9.35 Å². The zero-order chi connectivity index (χ0) is 46.8. The lowest BCUT2D eigenvalue weighted by Crippen LogP contribution is -2.60. The Kier molecular flexibility index (Phi) is 38.2. The maximum Gasteiger partial charge on any atom is 0.397 e. The molecular formula is C51H84O12S. The van der Waals surface area contributed by atoms with Crippen LogP contribution in [0.15, 0.2) is 97.2 Å². The summed E-state index contributed by atoms with van der Waals surface area (Å²) in [5, 5.41) is 30.7. The number of ether oxygens (including phenoxy) is 4. The van der Waals surface area contributed by atoms with Crippen molar-refractivity contribution in [2.24, 2.45) is 0 Å². The largest absolute Gasteiger partial charge is 0.457 e. The first-order valence-corrected chi connectivity index (χ1v) is 25.4. The number of hydrogen-bond donors (Lipinski definition) is 4. The third kappa shape index (κ3) is 34.4. The SMILES string of the molecule is CC/C=C\C/C=C\C/C=C\C/C=C\C/C=C\C/C=C\CCCOCC(COC1OC(CO)C(O)C(OS(=O)(=O)O)C1O)OC(=O)CCCCCCCCC/C=C\C/C=C\CCCCC. The Labute approximate surface area is 386 Å². The molecule has 4 N–H and O–H groups in total. The van der Waals surface area contributed by atoms with Crippen molar-refractivity contribution in [1.29, 1.82) is 0 Å². The highest BCUT2D eigenvalue weighted by Gasteiger charge is 2.48. The number of unbranched alkanes of at least 4 members (excludes halogenated alkanes) is 11. The predicted molar refractivity (Wildman–Crippen MR) is 257 cm³/mol. The summed E-state index contributed by atoms with van der Waals surface area (Å²) < 4.78 is 59.1. The fourth-order valence-electron chi connectivity index (χ4n) is 6.60. The van der Waals surface area contributed by atoms with Gasteiger partial charge in [-0.05, 0) is 89.9 Å². The van der Waals surface area contributed by atoms with Crippen LogP contribution in [0, 0.1) is 0 Å². The molecule has 0 radical (unpaired) electrons. The van der Waals surface area contributed by atoms with Gasteiger partial charge in [0.05, 0.1) is 19.8 Å². The number of esters is 1. The third-order valence-electron chi connectivity index (χ3n) is 10.2. The van der Waals surface area contributed by atoms with E-state index in [9.17, 15) is 33.1 Å². The van der Waals surface area contributed by atoms with Gasteiger partial charge in [-0.1, -0.05) is 156 Å². The molecular weight excluding hydrogens is 837 g/mol. The molecule has 0 aromatic rings. The van der Waals surface area contributed by atoms with Gasteiger partial charge >= 0.3 is 16.4 Å². The average Bonchev–Trinajstić information content (AvgIpc) is 3.27. The van der Waals surface area contributed by atoms with Crippen molar-refractivity contribution in [2.45, 2.75) is 192 Å². The van der Waals surface area contributed by atoms with E-state index in [-0.39, 0.29) is 19.6 Å². The average molecular weight is 921 g/mol. The third-order valence-corrected chi connectivity index (χ3v) is 10.7. The van der Waals surface area contributed by atoms with E-state index in [4.69, 9.17) is 18.9 Å². The van der Waals surface area contributed by atoms with E-state index in [0.29, 0.717) is 13.0 Å². The lowest BCUT2D eigenvalue weighted by Gasteiger charge is -2.41. The van der Waals surface area contributed by atoms with Crippen LogP contribution < -0.4 is 0 Å². The number of rotatable bonds is 40. The Bertz CT molecular complexity index is 1480. The van der Waals surface area contributed by atoms with Gasteiger partial charge in [0.15, 0.2) is 6.29 Å². The van der Waals surface area contributed by atoms with Crippen molar-refractivity contribution < 1.29 is 56.2 Å². The number of allylic oxidation sites excluding steroid dienone is 16. The summed E-state index contributed by atoms with van der Waals surface area (Å²) in [5.74, 6) is -0.431. The molecule has 1 saturated heterocycles. The molecule has 64 heavy (non-hydrogen) atoms. The summed E-state index contributed by atoms with van der Waals surface area (Å²) in [7, 11) is -5.08. The summed E-state index contributed by atoms with van der Waals surface area (Å²) in [6.45, 7) is 3.67. The quantitative estimate of drug-likeness (QED) is 0.0198. The van der Waals surface area contributed by atoms with Gasteiger partial charge < -0.3 is 34.3 Å². The predicted octanol–water partition coefficient (Wildman–Crippen LogP) is 10.6. The first-order chi connectivity index (χ1) is 31.1. The van der Waals surface area contributed by atoms with Crippen molar-refractivity contribution in [3.05, 3.63) is 97.2 Å². The number of aliphatic hydroxyl groups excluding tert-OH is 3. The highest BCUT2D eigenvalue weighted by Crippen LogP contribution is 2.26. The molecule has 1 aliphatic heterocycles. The van der Waals surface area contributed by atoms with Crippen molar-refractivity contribution >= 4 is 16.4 Å². The lowest BCUT2D eigenvalue weighted by molar-refractivity contribution is -0.301. The Balaban J connectivity index is 2.47. The van der Waals surface area contributed by atoms with E-state index >= 15 is 0 Å². The molecule has 1 heterocycles. The summed E-state index contributed by atoms with van der Waals surface area (Å²) in [6, 6.07) is 0. The van der Waals surface area contributed by atoms with E-state index in [1.54, 1.807) is 0 Å². The minimum absolute atomic E-state index is 0.0136. The first-order valence-electron chi connectivity index (χ1n) is 24.0. The Morgan fingerprint density at radius 1 is 0.609 bits per heavy atom. The Hall–Kier alpha value is -2.98. The highest BCUT2D eigenvalue weighted by atomic mass is 32.3. The molecule has 1 rings (SSSR count). The second-order valence-electron chi connectivity index (χ2n) is 16.0. The van der Waals surface area contributed by atoms with Crippen LogP contribution in [0.25, 0.3) is 0 Å². The molecule has 1 aliphatic rings.